The normalized spacial score (nSPS) is 11.4. The van der Waals surface area contributed by atoms with Crippen molar-refractivity contribution in [2.24, 2.45) is 5.73 Å². The highest BCUT2D eigenvalue weighted by Gasteiger charge is 2.19. The van der Waals surface area contributed by atoms with Crippen LogP contribution in [0.4, 0.5) is 0 Å². The topological polar surface area (TPSA) is 136 Å². The molecule has 0 aliphatic rings. The van der Waals surface area contributed by atoms with Crippen LogP contribution in [0.15, 0.2) is 0 Å². The molecule has 0 heterocycles. The zero-order valence-corrected chi connectivity index (χ0v) is 9.26. The van der Waals surface area contributed by atoms with E-state index < -0.39 is 36.4 Å². The van der Waals surface area contributed by atoms with Crippen LogP contribution in [0.1, 0.15) is 19.8 Å². The zero-order valence-electron chi connectivity index (χ0n) is 9.26. The number of ether oxygens (including phenoxy) is 1. The largest absolute Gasteiger partial charge is 0.481 e. The van der Waals surface area contributed by atoms with Gasteiger partial charge in [0, 0.05) is 13.3 Å². The van der Waals surface area contributed by atoms with Crippen LogP contribution in [-0.2, 0) is 23.9 Å². The molecular weight excluding hydrogens is 232 g/mol. The van der Waals surface area contributed by atoms with Gasteiger partial charge < -0.3 is 20.9 Å². The first-order chi connectivity index (χ1) is 7.82. The summed E-state index contributed by atoms with van der Waals surface area (Å²) in [6, 6.07) is -1.09. The maximum Gasteiger partial charge on any atom is 0.303 e. The number of carbonyl (C=O) groups is 4. The number of hydrogen-bond donors (Lipinski definition) is 3. The van der Waals surface area contributed by atoms with E-state index in [2.05, 4.69) is 10.1 Å². The molecule has 0 rings (SSSR count). The molecule has 8 heteroatoms. The fourth-order valence-corrected chi connectivity index (χ4v) is 0.957. The lowest BCUT2D eigenvalue weighted by molar-refractivity contribution is -0.146. The predicted octanol–water partition coefficient (Wildman–Crippen LogP) is -1.62. The monoisotopic (exact) mass is 246 g/mol. The quantitative estimate of drug-likeness (QED) is 0.462. The number of aliphatic carboxylic acids is 1. The predicted molar refractivity (Wildman–Crippen MR) is 54.6 cm³/mol. The standard InChI is InChI=1S/C9H14N2O6/c1-5(12)17-4-7(13)11-6(9(10)16)2-3-8(14)15/h6H,2-4H2,1H3,(H2,10,16)(H,11,13)(H,14,15)/t6-/m1/s1. The number of hydrogen-bond acceptors (Lipinski definition) is 5. The van der Waals surface area contributed by atoms with Crippen molar-refractivity contribution >= 4 is 23.8 Å². The van der Waals surface area contributed by atoms with E-state index in [1.165, 1.54) is 0 Å². The Bertz CT molecular complexity index is 327. The van der Waals surface area contributed by atoms with Crippen molar-refractivity contribution in [3.63, 3.8) is 0 Å². The molecule has 0 radical (unpaired) electrons. The molecule has 0 aliphatic heterocycles. The molecule has 0 aromatic heterocycles. The Kier molecular flexibility index (Phi) is 6.30. The molecule has 0 saturated heterocycles. The Labute approximate surface area is 97.1 Å². The smallest absolute Gasteiger partial charge is 0.303 e. The number of amides is 2. The first kappa shape index (κ1) is 14.9. The van der Waals surface area contributed by atoms with Crippen molar-refractivity contribution in [1.29, 1.82) is 0 Å². The van der Waals surface area contributed by atoms with Crippen LogP contribution < -0.4 is 11.1 Å². The molecule has 0 fully saturated rings. The minimum absolute atomic E-state index is 0.115. The van der Waals surface area contributed by atoms with Gasteiger partial charge in [0.15, 0.2) is 6.61 Å². The second kappa shape index (κ2) is 7.20. The van der Waals surface area contributed by atoms with Crippen LogP contribution in [-0.4, -0.2) is 41.5 Å². The summed E-state index contributed by atoms with van der Waals surface area (Å²) in [6.45, 7) is 0.593. The first-order valence-corrected chi connectivity index (χ1v) is 4.76. The van der Waals surface area contributed by atoms with Crippen LogP contribution in [0.3, 0.4) is 0 Å². The van der Waals surface area contributed by atoms with Crippen LogP contribution in [0.5, 0.6) is 0 Å². The fraction of sp³-hybridized carbons (Fsp3) is 0.556. The molecule has 8 nitrogen and oxygen atoms in total. The molecule has 0 aromatic rings. The van der Waals surface area contributed by atoms with Crippen molar-refractivity contribution in [3.8, 4) is 0 Å². The summed E-state index contributed by atoms with van der Waals surface area (Å²) in [5, 5.41) is 10.6. The van der Waals surface area contributed by atoms with Crippen molar-refractivity contribution in [2.75, 3.05) is 6.61 Å². The summed E-state index contributed by atoms with van der Waals surface area (Å²) in [4.78, 5) is 42.8. The molecule has 1 atom stereocenters. The lowest BCUT2D eigenvalue weighted by Crippen LogP contribution is -2.46. The number of primary amides is 1. The molecule has 2 amide bonds. The van der Waals surface area contributed by atoms with Crippen molar-refractivity contribution in [3.05, 3.63) is 0 Å². The third kappa shape index (κ3) is 7.77. The Morgan fingerprint density at radius 3 is 2.35 bits per heavy atom. The molecule has 0 aliphatic carbocycles. The molecule has 96 valence electrons. The fourth-order valence-electron chi connectivity index (χ4n) is 0.957. The van der Waals surface area contributed by atoms with Gasteiger partial charge in [-0.05, 0) is 6.42 Å². The van der Waals surface area contributed by atoms with E-state index in [0.29, 0.717) is 0 Å². The summed E-state index contributed by atoms with van der Waals surface area (Å²) < 4.78 is 4.39. The number of rotatable bonds is 7. The van der Waals surface area contributed by atoms with Gasteiger partial charge in [-0.25, -0.2) is 0 Å². The second-order valence-electron chi connectivity index (χ2n) is 3.24. The number of carboxylic acids is 1. The Hall–Kier alpha value is -2.12. The summed E-state index contributed by atoms with van der Waals surface area (Å²) in [6.07, 6.45) is -0.419. The highest BCUT2D eigenvalue weighted by molar-refractivity contribution is 5.88. The molecule has 0 spiro atoms. The molecule has 0 bridgehead atoms. The Morgan fingerprint density at radius 2 is 1.94 bits per heavy atom. The van der Waals surface area contributed by atoms with Gasteiger partial charge in [0.2, 0.25) is 5.91 Å². The highest BCUT2D eigenvalue weighted by atomic mass is 16.5. The van der Waals surface area contributed by atoms with E-state index in [1.807, 2.05) is 0 Å². The number of nitrogens with one attached hydrogen (secondary N) is 1. The summed E-state index contributed by atoms with van der Waals surface area (Å²) >= 11 is 0. The molecule has 4 N–H and O–H groups in total. The van der Waals surface area contributed by atoms with Gasteiger partial charge in [-0.2, -0.15) is 0 Å². The average molecular weight is 246 g/mol. The minimum Gasteiger partial charge on any atom is -0.481 e. The minimum atomic E-state index is -1.11. The van der Waals surface area contributed by atoms with Crippen molar-refractivity contribution < 1.29 is 29.0 Å². The van der Waals surface area contributed by atoms with E-state index in [9.17, 15) is 19.2 Å². The lowest BCUT2D eigenvalue weighted by atomic mass is 10.1. The summed E-state index contributed by atoms with van der Waals surface area (Å²) in [5.41, 5.74) is 4.97. The number of carboxylic acid groups (broad SMARTS) is 1. The first-order valence-electron chi connectivity index (χ1n) is 4.76. The average Bonchev–Trinajstić information content (AvgIpc) is 2.20. The van der Waals surface area contributed by atoms with E-state index in [-0.39, 0.29) is 12.8 Å². The number of nitrogens with two attached hydrogens (primary N) is 1. The zero-order chi connectivity index (χ0) is 13.4. The van der Waals surface area contributed by atoms with E-state index in [1.54, 1.807) is 0 Å². The third-order valence-corrected chi connectivity index (χ3v) is 1.73. The van der Waals surface area contributed by atoms with Gasteiger partial charge in [-0.15, -0.1) is 0 Å². The Balaban J connectivity index is 4.15. The van der Waals surface area contributed by atoms with Gasteiger partial charge in [-0.1, -0.05) is 0 Å². The van der Waals surface area contributed by atoms with Crippen LogP contribution in [0.2, 0.25) is 0 Å². The molecule has 17 heavy (non-hydrogen) atoms. The van der Waals surface area contributed by atoms with E-state index in [0.717, 1.165) is 6.92 Å². The third-order valence-electron chi connectivity index (χ3n) is 1.73. The lowest BCUT2D eigenvalue weighted by Gasteiger charge is -2.14. The second-order valence-corrected chi connectivity index (χ2v) is 3.24. The van der Waals surface area contributed by atoms with Crippen LogP contribution >= 0.6 is 0 Å². The van der Waals surface area contributed by atoms with Crippen LogP contribution in [0.25, 0.3) is 0 Å². The number of esters is 1. The van der Waals surface area contributed by atoms with E-state index in [4.69, 9.17) is 10.8 Å². The van der Waals surface area contributed by atoms with Gasteiger partial charge in [0.1, 0.15) is 6.04 Å². The van der Waals surface area contributed by atoms with Crippen molar-refractivity contribution in [2.45, 2.75) is 25.8 Å². The van der Waals surface area contributed by atoms with Gasteiger partial charge in [-0.3, -0.25) is 19.2 Å². The summed E-state index contributed by atoms with van der Waals surface area (Å²) in [5.74, 6) is -3.30. The van der Waals surface area contributed by atoms with Crippen LogP contribution in [0, 0.1) is 0 Å². The molecular formula is C9H14N2O6. The maximum atomic E-state index is 11.2. The van der Waals surface area contributed by atoms with Gasteiger partial charge in [0.05, 0.1) is 0 Å². The van der Waals surface area contributed by atoms with E-state index >= 15 is 0 Å². The Morgan fingerprint density at radius 1 is 1.35 bits per heavy atom. The molecule has 0 saturated carbocycles. The molecule has 0 aromatic carbocycles. The number of carbonyl (C=O) groups excluding carboxylic acids is 3. The maximum absolute atomic E-state index is 11.2. The molecule has 0 unspecified atom stereocenters. The van der Waals surface area contributed by atoms with Gasteiger partial charge in [0.25, 0.3) is 5.91 Å². The summed E-state index contributed by atoms with van der Waals surface area (Å²) in [7, 11) is 0. The SMILES string of the molecule is CC(=O)OCC(=O)N[C@H](CCC(=O)O)C(N)=O. The highest BCUT2D eigenvalue weighted by Crippen LogP contribution is 1.97. The van der Waals surface area contributed by atoms with Gasteiger partial charge >= 0.3 is 11.9 Å². The van der Waals surface area contributed by atoms with Crippen molar-refractivity contribution in [1.82, 2.24) is 5.32 Å².